The normalized spacial score (nSPS) is 11.8. The summed E-state index contributed by atoms with van der Waals surface area (Å²) < 4.78 is 38.9. The van der Waals surface area contributed by atoms with Gasteiger partial charge >= 0.3 is 0 Å². The summed E-state index contributed by atoms with van der Waals surface area (Å²) in [5.41, 5.74) is -0.0520. The summed E-state index contributed by atoms with van der Waals surface area (Å²) in [4.78, 5) is 10.4. The summed E-state index contributed by atoms with van der Waals surface area (Å²) in [5.74, 6) is -0.899. The molecule has 0 atom stereocenters. The summed E-state index contributed by atoms with van der Waals surface area (Å²) in [7, 11) is -3.94. The third-order valence-electron chi connectivity index (χ3n) is 2.48. The number of carbonyl (C=O) groups is 1. The number of hydrogen-bond acceptors (Lipinski definition) is 3. The molecule has 1 aromatic rings. The highest BCUT2D eigenvalue weighted by Crippen LogP contribution is 2.21. The van der Waals surface area contributed by atoms with Crippen molar-refractivity contribution >= 4 is 26.9 Å². The van der Waals surface area contributed by atoms with Gasteiger partial charge in [-0.3, -0.25) is 4.79 Å². The van der Waals surface area contributed by atoms with Crippen molar-refractivity contribution in [2.45, 2.75) is 18.7 Å². The van der Waals surface area contributed by atoms with E-state index in [2.05, 4.69) is 0 Å². The summed E-state index contributed by atoms with van der Waals surface area (Å²) in [6.45, 7) is 3.74. The van der Waals surface area contributed by atoms with Crippen molar-refractivity contribution in [3.05, 3.63) is 29.6 Å². The Morgan fingerprint density at radius 2 is 1.89 bits per heavy atom. The zero-order chi connectivity index (χ0) is 13.9. The maximum absolute atomic E-state index is 13.6. The first-order chi connectivity index (χ1) is 8.34. The fourth-order valence-electron chi connectivity index (χ4n) is 1.53. The van der Waals surface area contributed by atoms with Gasteiger partial charge < -0.3 is 0 Å². The van der Waals surface area contributed by atoms with Gasteiger partial charge in [-0.25, -0.2) is 12.8 Å². The van der Waals surface area contributed by atoms with E-state index in [1.807, 2.05) is 0 Å². The van der Waals surface area contributed by atoms with Crippen LogP contribution in [0.25, 0.3) is 0 Å². The predicted molar refractivity (Wildman–Crippen MR) is 66.7 cm³/mol. The van der Waals surface area contributed by atoms with Crippen molar-refractivity contribution in [3.8, 4) is 0 Å². The van der Waals surface area contributed by atoms with Gasteiger partial charge in [-0.05, 0) is 29.8 Å². The van der Waals surface area contributed by atoms with E-state index in [0.717, 1.165) is 22.5 Å². The van der Waals surface area contributed by atoms with E-state index in [-0.39, 0.29) is 18.7 Å². The van der Waals surface area contributed by atoms with Crippen molar-refractivity contribution < 1.29 is 17.6 Å². The number of nitrogens with zero attached hydrogens (tertiary/aromatic N) is 1. The first-order valence-corrected chi connectivity index (χ1v) is 7.15. The van der Waals surface area contributed by atoms with Gasteiger partial charge in [-0.2, -0.15) is 4.31 Å². The summed E-state index contributed by atoms with van der Waals surface area (Å²) in [6, 6.07) is 3.02. The fourth-order valence-corrected chi connectivity index (χ4v) is 3.19. The minimum absolute atomic E-state index is 0.0520. The lowest BCUT2D eigenvalue weighted by atomic mass is 10.2. The highest BCUT2D eigenvalue weighted by molar-refractivity contribution is 7.89. The lowest BCUT2D eigenvalue weighted by Gasteiger charge is -2.18. The van der Waals surface area contributed by atoms with E-state index in [9.17, 15) is 17.6 Å². The van der Waals surface area contributed by atoms with Gasteiger partial charge in [0.2, 0.25) is 10.0 Å². The molecule has 18 heavy (non-hydrogen) atoms. The fraction of sp³-hybridized carbons (Fsp3) is 0.364. The first kappa shape index (κ1) is 15.1. The molecule has 0 aliphatic heterocycles. The van der Waals surface area contributed by atoms with Crippen LogP contribution in [0.2, 0.25) is 0 Å². The molecule has 7 heteroatoms. The molecule has 0 aliphatic carbocycles. The summed E-state index contributed by atoms with van der Waals surface area (Å²) in [5, 5.41) is -0.828. The average Bonchev–Trinajstić information content (AvgIpc) is 2.30. The quantitative estimate of drug-likeness (QED) is 0.782. The molecule has 0 aliphatic rings. The smallest absolute Gasteiger partial charge is 0.252 e. The van der Waals surface area contributed by atoms with E-state index >= 15 is 0 Å². The largest absolute Gasteiger partial charge is 0.276 e. The van der Waals surface area contributed by atoms with Gasteiger partial charge in [0, 0.05) is 18.7 Å². The molecule has 1 rings (SSSR count). The molecule has 0 saturated heterocycles. The number of carbonyl (C=O) groups excluding carboxylic acids is 1. The molecule has 4 nitrogen and oxygen atoms in total. The molecular formula is C11H13ClFNO3S. The highest BCUT2D eigenvalue weighted by Gasteiger charge is 2.26. The maximum atomic E-state index is 13.6. The lowest BCUT2D eigenvalue weighted by Crippen LogP contribution is -2.31. The van der Waals surface area contributed by atoms with Gasteiger partial charge in [0.05, 0.1) is 0 Å². The third-order valence-corrected chi connectivity index (χ3v) is 4.76. The maximum Gasteiger partial charge on any atom is 0.252 e. The van der Waals surface area contributed by atoms with Gasteiger partial charge in [0.25, 0.3) is 5.24 Å². The van der Waals surface area contributed by atoms with Crippen molar-refractivity contribution in [1.29, 1.82) is 0 Å². The second kappa shape index (κ2) is 5.77. The summed E-state index contributed by atoms with van der Waals surface area (Å²) in [6.07, 6.45) is 0. The van der Waals surface area contributed by atoms with Crippen LogP contribution in [-0.4, -0.2) is 31.1 Å². The Labute approximate surface area is 110 Å². The van der Waals surface area contributed by atoms with Gasteiger partial charge in [0.1, 0.15) is 10.7 Å². The topological polar surface area (TPSA) is 54.5 Å². The molecule has 0 N–H and O–H groups in total. The zero-order valence-corrected chi connectivity index (χ0v) is 11.6. The van der Waals surface area contributed by atoms with E-state index in [1.54, 1.807) is 13.8 Å². The Bertz CT molecular complexity index is 555. The van der Waals surface area contributed by atoms with Crippen molar-refractivity contribution in [2.75, 3.05) is 13.1 Å². The molecule has 1 aromatic carbocycles. The predicted octanol–water partition coefficient (Wildman–Crippen LogP) is 2.24. The van der Waals surface area contributed by atoms with Gasteiger partial charge in [0.15, 0.2) is 0 Å². The molecule has 0 aromatic heterocycles. The van der Waals surface area contributed by atoms with E-state index in [0.29, 0.717) is 0 Å². The van der Waals surface area contributed by atoms with Crippen LogP contribution in [0.4, 0.5) is 4.39 Å². The van der Waals surface area contributed by atoms with E-state index < -0.39 is 26.0 Å². The van der Waals surface area contributed by atoms with Crippen molar-refractivity contribution in [3.63, 3.8) is 0 Å². The third kappa shape index (κ3) is 2.88. The van der Waals surface area contributed by atoms with E-state index in [1.165, 1.54) is 0 Å². The number of benzene rings is 1. The second-order valence-electron chi connectivity index (χ2n) is 3.51. The van der Waals surface area contributed by atoms with Crippen molar-refractivity contribution in [1.82, 2.24) is 4.31 Å². The summed E-state index contributed by atoms with van der Waals surface area (Å²) >= 11 is 5.26. The van der Waals surface area contributed by atoms with Gasteiger partial charge in [-0.15, -0.1) is 0 Å². The van der Waals surface area contributed by atoms with Crippen LogP contribution in [0.5, 0.6) is 0 Å². The van der Waals surface area contributed by atoms with Crippen LogP contribution in [0.3, 0.4) is 0 Å². The molecule has 0 heterocycles. The van der Waals surface area contributed by atoms with Crippen LogP contribution in [0.15, 0.2) is 23.1 Å². The molecule has 0 spiro atoms. The monoisotopic (exact) mass is 293 g/mol. The minimum atomic E-state index is -3.94. The van der Waals surface area contributed by atoms with Crippen LogP contribution in [-0.2, 0) is 10.0 Å². The molecule has 0 unspecified atom stereocenters. The SMILES string of the molecule is CCN(CC)S(=O)(=O)c1cc(C(=O)Cl)ccc1F. The zero-order valence-electron chi connectivity index (χ0n) is 9.98. The molecule has 0 bridgehead atoms. The lowest BCUT2D eigenvalue weighted by molar-refractivity contribution is 0.108. The average molecular weight is 294 g/mol. The molecule has 0 amide bonds. The first-order valence-electron chi connectivity index (χ1n) is 5.34. The molecule has 0 radical (unpaired) electrons. The molecule has 0 fully saturated rings. The Kier molecular flexibility index (Phi) is 4.84. The number of sulfonamides is 1. The highest BCUT2D eigenvalue weighted by atomic mass is 35.5. The Morgan fingerprint density at radius 1 is 1.33 bits per heavy atom. The standard InChI is InChI=1S/C11H13ClFNO3S/c1-3-14(4-2)18(16,17)10-7-8(11(12)15)5-6-9(10)13/h5-7H,3-4H2,1-2H3. The molecule has 100 valence electrons. The van der Waals surface area contributed by atoms with Crippen LogP contribution in [0, 0.1) is 5.82 Å². The minimum Gasteiger partial charge on any atom is -0.276 e. The number of hydrogen-bond donors (Lipinski definition) is 0. The van der Waals surface area contributed by atoms with Crippen LogP contribution < -0.4 is 0 Å². The second-order valence-corrected chi connectivity index (χ2v) is 5.76. The Balaban J connectivity index is 3.40. The molecular weight excluding hydrogens is 281 g/mol. The van der Waals surface area contributed by atoms with Gasteiger partial charge in [-0.1, -0.05) is 13.8 Å². The number of rotatable bonds is 5. The van der Waals surface area contributed by atoms with E-state index in [4.69, 9.17) is 11.6 Å². The molecule has 0 saturated carbocycles. The Morgan fingerprint density at radius 3 is 2.33 bits per heavy atom. The van der Waals surface area contributed by atoms with Crippen LogP contribution in [0.1, 0.15) is 24.2 Å². The Hall–Kier alpha value is -0.980. The number of halogens is 2. The van der Waals surface area contributed by atoms with Crippen LogP contribution >= 0.6 is 11.6 Å². The van der Waals surface area contributed by atoms with Crippen molar-refractivity contribution in [2.24, 2.45) is 0 Å².